The largest absolute Gasteiger partial charge is 0.496 e. The van der Waals surface area contributed by atoms with E-state index in [-0.39, 0.29) is 45.8 Å². The zero-order chi connectivity index (χ0) is 26.2. The number of nitro benzene ring substituents is 1. The summed E-state index contributed by atoms with van der Waals surface area (Å²) in [5.41, 5.74) is 0.456. The summed E-state index contributed by atoms with van der Waals surface area (Å²) in [5.74, 6) is -0.0333. The van der Waals surface area contributed by atoms with Crippen molar-refractivity contribution >= 4 is 46.6 Å². The third kappa shape index (κ3) is 6.44. The lowest BCUT2D eigenvalue weighted by Gasteiger charge is -2.14. The molecule has 0 aliphatic heterocycles. The van der Waals surface area contributed by atoms with E-state index in [1.807, 2.05) is 12.1 Å². The number of nitrogens with one attached hydrogen (secondary N) is 1. The van der Waals surface area contributed by atoms with Crippen molar-refractivity contribution < 1.29 is 23.9 Å². The van der Waals surface area contributed by atoms with E-state index in [1.165, 1.54) is 44.6 Å². The van der Waals surface area contributed by atoms with Crippen molar-refractivity contribution in [3.8, 4) is 23.3 Å². The molecule has 0 aromatic heterocycles. The van der Waals surface area contributed by atoms with Crippen molar-refractivity contribution in [2.24, 2.45) is 0 Å². The number of anilines is 1. The van der Waals surface area contributed by atoms with Crippen LogP contribution in [-0.2, 0) is 11.4 Å². The van der Waals surface area contributed by atoms with Crippen LogP contribution in [0.4, 0.5) is 11.4 Å². The van der Waals surface area contributed by atoms with Gasteiger partial charge in [-0.05, 0) is 53.6 Å². The highest BCUT2D eigenvalue weighted by Crippen LogP contribution is 2.38. The normalized spacial score (nSPS) is 10.8. The maximum Gasteiger partial charge on any atom is 0.296 e. The van der Waals surface area contributed by atoms with E-state index < -0.39 is 10.8 Å². The second-order valence-corrected chi connectivity index (χ2v) is 8.06. The summed E-state index contributed by atoms with van der Waals surface area (Å²) in [5, 5.41) is 24.1. The monoisotopic (exact) mass is 527 g/mol. The van der Waals surface area contributed by atoms with E-state index in [4.69, 9.17) is 37.4 Å². The van der Waals surface area contributed by atoms with E-state index >= 15 is 0 Å². The number of nitrogens with zero attached hydrogens (tertiary/aromatic N) is 2. The minimum absolute atomic E-state index is 0.0893. The Bertz CT molecular complexity index is 1370. The van der Waals surface area contributed by atoms with Gasteiger partial charge in [0, 0.05) is 5.02 Å². The number of methoxy groups -OCH3 is 2. The van der Waals surface area contributed by atoms with Gasteiger partial charge >= 0.3 is 0 Å². The van der Waals surface area contributed by atoms with Crippen LogP contribution in [0.2, 0.25) is 10.0 Å². The second kappa shape index (κ2) is 11.9. The first-order valence-corrected chi connectivity index (χ1v) is 11.0. The highest BCUT2D eigenvalue weighted by atomic mass is 35.5. The summed E-state index contributed by atoms with van der Waals surface area (Å²) < 4.78 is 16.2. The molecule has 36 heavy (non-hydrogen) atoms. The van der Waals surface area contributed by atoms with Crippen molar-refractivity contribution in [1.82, 2.24) is 0 Å². The molecule has 3 rings (SSSR count). The molecule has 0 spiro atoms. The highest BCUT2D eigenvalue weighted by Gasteiger charge is 2.20. The molecule has 0 heterocycles. The summed E-state index contributed by atoms with van der Waals surface area (Å²) in [6.07, 6.45) is 1.28. The molecule has 1 amide bonds. The van der Waals surface area contributed by atoms with Gasteiger partial charge in [0.05, 0.1) is 30.2 Å². The molecule has 0 unspecified atom stereocenters. The zero-order valence-electron chi connectivity index (χ0n) is 19.1. The molecule has 0 aliphatic rings. The van der Waals surface area contributed by atoms with Crippen LogP contribution in [0.5, 0.6) is 17.2 Å². The number of benzene rings is 3. The van der Waals surface area contributed by atoms with Crippen molar-refractivity contribution in [3.63, 3.8) is 0 Å². The number of carbonyl (C=O) groups excluding carboxylic acids is 1. The zero-order valence-corrected chi connectivity index (χ0v) is 20.6. The number of hydrogen-bond donors (Lipinski definition) is 1. The number of rotatable bonds is 9. The van der Waals surface area contributed by atoms with Gasteiger partial charge in [0.25, 0.3) is 11.6 Å². The molecular weight excluding hydrogens is 509 g/mol. The van der Waals surface area contributed by atoms with Crippen LogP contribution in [0, 0.1) is 21.4 Å². The smallest absolute Gasteiger partial charge is 0.296 e. The van der Waals surface area contributed by atoms with E-state index in [2.05, 4.69) is 5.32 Å². The van der Waals surface area contributed by atoms with Gasteiger partial charge in [0.2, 0.25) is 0 Å². The quantitative estimate of drug-likeness (QED) is 0.155. The topological polar surface area (TPSA) is 124 Å². The van der Waals surface area contributed by atoms with Gasteiger partial charge in [-0.25, -0.2) is 0 Å². The maximum atomic E-state index is 12.7. The molecule has 1 N–H and O–H groups in total. The maximum absolute atomic E-state index is 12.7. The second-order valence-electron chi connectivity index (χ2n) is 7.21. The molecule has 3 aromatic carbocycles. The first kappa shape index (κ1) is 26.3. The fourth-order valence-electron chi connectivity index (χ4n) is 3.10. The SMILES string of the molecule is COc1ccc(NC(=O)/C(C#N)=C/c2cc(Cl)c(OCc3ccc(Cl)cc3)c(OC)c2)c([N+](=O)[O-])c1. The molecule has 0 atom stereocenters. The van der Waals surface area contributed by atoms with Crippen LogP contribution in [-0.4, -0.2) is 25.1 Å². The van der Waals surface area contributed by atoms with Crippen LogP contribution in [0.1, 0.15) is 11.1 Å². The number of halogens is 2. The Morgan fingerprint density at radius 2 is 1.83 bits per heavy atom. The number of hydrogen-bond acceptors (Lipinski definition) is 7. The minimum atomic E-state index is -0.844. The highest BCUT2D eigenvalue weighted by molar-refractivity contribution is 6.32. The van der Waals surface area contributed by atoms with Crippen molar-refractivity contribution in [2.45, 2.75) is 6.61 Å². The van der Waals surface area contributed by atoms with Gasteiger partial charge in [-0.15, -0.1) is 0 Å². The van der Waals surface area contributed by atoms with Gasteiger partial charge < -0.3 is 19.5 Å². The molecular formula is C25H19Cl2N3O6. The van der Waals surface area contributed by atoms with E-state index in [0.717, 1.165) is 5.56 Å². The van der Waals surface area contributed by atoms with Gasteiger partial charge in [-0.3, -0.25) is 14.9 Å². The molecule has 3 aromatic rings. The number of nitro groups is 1. The summed E-state index contributed by atoms with van der Waals surface area (Å²) in [6, 6.07) is 15.9. The van der Waals surface area contributed by atoms with E-state index in [9.17, 15) is 20.2 Å². The van der Waals surface area contributed by atoms with Crippen LogP contribution in [0.3, 0.4) is 0 Å². The van der Waals surface area contributed by atoms with Crippen LogP contribution in [0.15, 0.2) is 60.2 Å². The number of amides is 1. The predicted octanol–water partition coefficient (Wildman–Crippen LogP) is 6.04. The Morgan fingerprint density at radius 1 is 1.11 bits per heavy atom. The third-order valence-electron chi connectivity index (χ3n) is 4.87. The summed E-state index contributed by atoms with van der Waals surface area (Å²) in [4.78, 5) is 23.4. The van der Waals surface area contributed by atoms with Crippen LogP contribution in [0.25, 0.3) is 6.08 Å². The predicted molar refractivity (Wildman–Crippen MR) is 136 cm³/mol. The van der Waals surface area contributed by atoms with Crippen LogP contribution < -0.4 is 19.5 Å². The van der Waals surface area contributed by atoms with Gasteiger partial charge in [-0.1, -0.05) is 35.3 Å². The Kier molecular flexibility index (Phi) is 8.73. The van der Waals surface area contributed by atoms with E-state index in [0.29, 0.717) is 10.6 Å². The molecule has 0 saturated heterocycles. The molecule has 184 valence electrons. The molecule has 11 heteroatoms. The Labute approximate surface area is 216 Å². The molecule has 0 aliphatic carbocycles. The fraction of sp³-hybridized carbons (Fsp3) is 0.120. The Hall–Kier alpha value is -4.26. The molecule has 0 bridgehead atoms. The lowest BCUT2D eigenvalue weighted by Crippen LogP contribution is -2.14. The molecule has 0 saturated carbocycles. The molecule has 0 fully saturated rings. The van der Waals surface area contributed by atoms with Crippen molar-refractivity contribution in [3.05, 3.63) is 91.5 Å². The minimum Gasteiger partial charge on any atom is -0.496 e. The van der Waals surface area contributed by atoms with Gasteiger partial charge in [0.15, 0.2) is 11.5 Å². The van der Waals surface area contributed by atoms with Crippen LogP contribution >= 0.6 is 23.2 Å². The number of carbonyl (C=O) groups is 1. The van der Waals surface area contributed by atoms with Gasteiger partial charge in [0.1, 0.15) is 29.7 Å². The summed E-state index contributed by atoms with van der Waals surface area (Å²) >= 11 is 12.3. The summed E-state index contributed by atoms with van der Waals surface area (Å²) in [6.45, 7) is 0.203. The van der Waals surface area contributed by atoms with Gasteiger partial charge in [-0.2, -0.15) is 5.26 Å². The molecule has 9 nitrogen and oxygen atoms in total. The third-order valence-corrected chi connectivity index (χ3v) is 5.41. The number of ether oxygens (including phenoxy) is 3. The number of nitriles is 1. The molecule has 0 radical (unpaired) electrons. The lowest BCUT2D eigenvalue weighted by molar-refractivity contribution is -0.384. The first-order chi connectivity index (χ1) is 17.2. The Balaban J connectivity index is 1.84. The summed E-state index contributed by atoms with van der Waals surface area (Å²) in [7, 11) is 2.79. The Morgan fingerprint density at radius 3 is 2.44 bits per heavy atom. The standard InChI is InChI=1S/C25H19Cl2N3O6/c1-34-19-7-8-21(22(12-19)30(32)33)29-25(31)17(13-28)9-16-10-20(27)24(23(11-16)35-2)36-14-15-3-5-18(26)6-4-15/h3-12H,14H2,1-2H3,(H,29,31)/b17-9+. The average molecular weight is 528 g/mol. The first-order valence-electron chi connectivity index (χ1n) is 10.3. The van der Waals surface area contributed by atoms with Crippen molar-refractivity contribution in [1.29, 1.82) is 5.26 Å². The van der Waals surface area contributed by atoms with E-state index in [1.54, 1.807) is 24.3 Å². The average Bonchev–Trinajstić information content (AvgIpc) is 2.87. The van der Waals surface area contributed by atoms with Crippen molar-refractivity contribution in [2.75, 3.05) is 19.5 Å². The lowest BCUT2D eigenvalue weighted by atomic mass is 10.1. The fourth-order valence-corrected chi connectivity index (χ4v) is 3.50.